The zero-order valence-electron chi connectivity index (χ0n) is 17.0. The first-order valence-electron chi connectivity index (χ1n) is 10.6. The molecule has 0 radical (unpaired) electrons. The van der Waals surface area contributed by atoms with Gasteiger partial charge in [0.2, 0.25) is 5.91 Å². The molecule has 1 unspecified atom stereocenters. The molecule has 3 saturated heterocycles. The topological polar surface area (TPSA) is 61.9 Å². The van der Waals surface area contributed by atoms with Crippen molar-refractivity contribution in [1.82, 2.24) is 15.1 Å². The second-order valence-corrected chi connectivity index (χ2v) is 8.53. The predicted octanol–water partition coefficient (Wildman–Crippen LogP) is 2.33. The van der Waals surface area contributed by atoms with Crippen molar-refractivity contribution in [2.75, 3.05) is 45.9 Å². The van der Waals surface area contributed by atoms with Gasteiger partial charge in [0.05, 0.1) is 5.92 Å². The number of hydrogen-bond donors (Lipinski definition) is 1. The SMILES string of the molecule is Cl.O=C(COc1ccccc1)N1CCCC(C(=O)N2CCC3(CCNC3)CC2)C1. The fraction of sp³-hybridized carbons (Fsp3) is 0.636. The minimum Gasteiger partial charge on any atom is -0.484 e. The third kappa shape index (κ3) is 5.23. The van der Waals surface area contributed by atoms with Crippen LogP contribution >= 0.6 is 12.4 Å². The standard InChI is InChI=1S/C22H31N3O3.ClH/c26-20(16-28-19-6-2-1-3-7-19)25-12-4-5-18(15-25)21(27)24-13-9-22(10-14-24)8-11-23-17-22;/h1-3,6-7,18,23H,4-5,8-17H2;1H. The molecule has 0 aliphatic carbocycles. The van der Waals surface area contributed by atoms with E-state index in [1.807, 2.05) is 35.2 Å². The number of para-hydroxylation sites is 1. The van der Waals surface area contributed by atoms with E-state index < -0.39 is 0 Å². The highest BCUT2D eigenvalue weighted by molar-refractivity contribution is 5.85. The second kappa shape index (κ2) is 9.81. The predicted molar refractivity (Wildman–Crippen MR) is 114 cm³/mol. The Morgan fingerprint density at radius 3 is 2.52 bits per heavy atom. The van der Waals surface area contributed by atoms with E-state index in [-0.39, 0.29) is 36.7 Å². The van der Waals surface area contributed by atoms with Crippen molar-refractivity contribution in [3.63, 3.8) is 0 Å². The van der Waals surface area contributed by atoms with E-state index in [2.05, 4.69) is 5.32 Å². The van der Waals surface area contributed by atoms with Crippen molar-refractivity contribution >= 4 is 24.2 Å². The highest BCUT2D eigenvalue weighted by Crippen LogP contribution is 2.37. The summed E-state index contributed by atoms with van der Waals surface area (Å²) in [6.07, 6.45) is 5.21. The highest BCUT2D eigenvalue weighted by atomic mass is 35.5. The maximum Gasteiger partial charge on any atom is 0.260 e. The lowest BCUT2D eigenvalue weighted by Gasteiger charge is -2.41. The van der Waals surface area contributed by atoms with E-state index in [0.29, 0.717) is 17.7 Å². The van der Waals surface area contributed by atoms with Gasteiger partial charge in [-0.3, -0.25) is 9.59 Å². The normalized spacial score (nSPS) is 23.5. The van der Waals surface area contributed by atoms with Crippen LogP contribution in [0.3, 0.4) is 0 Å². The molecule has 3 aliphatic heterocycles. The van der Waals surface area contributed by atoms with Gasteiger partial charge in [-0.15, -0.1) is 12.4 Å². The minimum absolute atomic E-state index is 0. The van der Waals surface area contributed by atoms with Crippen LogP contribution in [0.1, 0.15) is 32.1 Å². The van der Waals surface area contributed by atoms with Crippen LogP contribution in [-0.2, 0) is 9.59 Å². The highest BCUT2D eigenvalue weighted by Gasteiger charge is 2.40. The summed E-state index contributed by atoms with van der Waals surface area (Å²) in [5.41, 5.74) is 0.417. The Morgan fingerprint density at radius 1 is 1.07 bits per heavy atom. The Bertz CT molecular complexity index is 684. The Kier molecular flexibility index (Phi) is 7.41. The number of nitrogens with zero attached hydrogens (tertiary/aromatic N) is 2. The lowest BCUT2D eigenvalue weighted by Crippen LogP contribution is -2.50. The number of piperidine rings is 2. The van der Waals surface area contributed by atoms with Crippen molar-refractivity contribution in [1.29, 1.82) is 0 Å². The van der Waals surface area contributed by atoms with Crippen LogP contribution in [0, 0.1) is 11.3 Å². The second-order valence-electron chi connectivity index (χ2n) is 8.53. The van der Waals surface area contributed by atoms with Crippen LogP contribution in [0.5, 0.6) is 5.75 Å². The molecule has 0 aromatic heterocycles. The molecule has 7 heteroatoms. The zero-order valence-corrected chi connectivity index (χ0v) is 17.8. The largest absolute Gasteiger partial charge is 0.484 e. The molecule has 3 heterocycles. The van der Waals surface area contributed by atoms with E-state index in [1.54, 1.807) is 4.90 Å². The Hall–Kier alpha value is -1.79. The Morgan fingerprint density at radius 2 is 1.83 bits per heavy atom. The smallest absolute Gasteiger partial charge is 0.260 e. The molecule has 160 valence electrons. The van der Waals surface area contributed by atoms with E-state index in [0.717, 1.165) is 58.4 Å². The molecule has 3 aliphatic rings. The van der Waals surface area contributed by atoms with Gasteiger partial charge in [0.1, 0.15) is 5.75 Å². The average Bonchev–Trinajstić information content (AvgIpc) is 3.21. The number of benzene rings is 1. The van der Waals surface area contributed by atoms with Crippen LogP contribution in [0.2, 0.25) is 0 Å². The first-order valence-corrected chi connectivity index (χ1v) is 10.6. The number of ether oxygens (including phenoxy) is 1. The fourth-order valence-electron chi connectivity index (χ4n) is 4.84. The third-order valence-corrected chi connectivity index (χ3v) is 6.70. The first-order chi connectivity index (χ1) is 13.7. The summed E-state index contributed by atoms with van der Waals surface area (Å²) >= 11 is 0. The summed E-state index contributed by atoms with van der Waals surface area (Å²) < 4.78 is 5.59. The number of nitrogens with one attached hydrogen (secondary N) is 1. The molecule has 0 saturated carbocycles. The van der Waals surface area contributed by atoms with Crippen molar-refractivity contribution in [3.05, 3.63) is 30.3 Å². The monoisotopic (exact) mass is 421 g/mol. The van der Waals surface area contributed by atoms with Crippen molar-refractivity contribution < 1.29 is 14.3 Å². The van der Waals surface area contributed by atoms with Gasteiger partial charge in [-0.05, 0) is 56.2 Å². The summed E-state index contributed by atoms with van der Waals surface area (Å²) in [7, 11) is 0. The summed E-state index contributed by atoms with van der Waals surface area (Å²) in [6.45, 7) is 5.21. The van der Waals surface area contributed by atoms with Gasteiger partial charge in [0, 0.05) is 32.7 Å². The lowest BCUT2D eigenvalue weighted by molar-refractivity contribution is -0.143. The molecule has 3 fully saturated rings. The number of hydrogen-bond acceptors (Lipinski definition) is 4. The molecule has 1 atom stereocenters. The van der Waals surface area contributed by atoms with Crippen LogP contribution in [0.4, 0.5) is 0 Å². The molecule has 0 bridgehead atoms. The van der Waals surface area contributed by atoms with Crippen LogP contribution in [0.25, 0.3) is 0 Å². The number of likely N-dealkylation sites (tertiary alicyclic amines) is 2. The number of halogens is 1. The molecular weight excluding hydrogens is 390 g/mol. The zero-order chi connectivity index (χ0) is 19.4. The summed E-state index contributed by atoms with van der Waals surface area (Å²) in [5.74, 6) is 0.840. The quantitative estimate of drug-likeness (QED) is 0.810. The summed E-state index contributed by atoms with van der Waals surface area (Å²) in [6, 6.07) is 9.39. The molecular formula is C22H32ClN3O3. The van der Waals surface area contributed by atoms with Gasteiger partial charge in [-0.1, -0.05) is 18.2 Å². The van der Waals surface area contributed by atoms with Gasteiger partial charge >= 0.3 is 0 Å². The number of amides is 2. The van der Waals surface area contributed by atoms with Crippen LogP contribution in [0.15, 0.2) is 30.3 Å². The third-order valence-electron chi connectivity index (χ3n) is 6.70. The van der Waals surface area contributed by atoms with Crippen LogP contribution < -0.4 is 10.1 Å². The van der Waals surface area contributed by atoms with Crippen molar-refractivity contribution in [3.8, 4) is 5.75 Å². The maximum absolute atomic E-state index is 13.0. The molecule has 4 rings (SSSR count). The van der Waals surface area contributed by atoms with E-state index in [1.165, 1.54) is 6.42 Å². The summed E-state index contributed by atoms with van der Waals surface area (Å²) in [5, 5.41) is 3.47. The van der Waals surface area contributed by atoms with Crippen molar-refractivity contribution in [2.24, 2.45) is 11.3 Å². The molecule has 1 N–H and O–H groups in total. The molecule has 6 nitrogen and oxygen atoms in total. The van der Waals surface area contributed by atoms with E-state index >= 15 is 0 Å². The van der Waals surface area contributed by atoms with Gasteiger partial charge < -0.3 is 19.9 Å². The molecule has 1 aromatic carbocycles. The van der Waals surface area contributed by atoms with E-state index in [9.17, 15) is 9.59 Å². The van der Waals surface area contributed by atoms with Gasteiger partial charge in [0.15, 0.2) is 6.61 Å². The number of carbonyl (C=O) groups excluding carboxylic acids is 2. The van der Waals surface area contributed by atoms with Gasteiger partial charge in [-0.25, -0.2) is 0 Å². The van der Waals surface area contributed by atoms with Crippen LogP contribution in [-0.4, -0.2) is 67.5 Å². The summed E-state index contributed by atoms with van der Waals surface area (Å²) in [4.78, 5) is 29.5. The number of carbonyl (C=O) groups is 2. The lowest BCUT2D eigenvalue weighted by atomic mass is 9.77. The molecule has 1 spiro atoms. The first kappa shape index (κ1) is 21.9. The maximum atomic E-state index is 13.0. The van der Waals surface area contributed by atoms with Gasteiger partial charge in [-0.2, -0.15) is 0 Å². The average molecular weight is 422 g/mol. The van der Waals surface area contributed by atoms with E-state index in [4.69, 9.17) is 4.74 Å². The molecule has 29 heavy (non-hydrogen) atoms. The Balaban J connectivity index is 0.00000240. The molecule has 1 aromatic rings. The van der Waals surface area contributed by atoms with Gasteiger partial charge in [0.25, 0.3) is 5.91 Å². The number of rotatable bonds is 4. The Labute approximate surface area is 179 Å². The molecule has 2 amide bonds. The van der Waals surface area contributed by atoms with Crippen molar-refractivity contribution in [2.45, 2.75) is 32.1 Å². The minimum atomic E-state index is -0.0646. The fourth-order valence-corrected chi connectivity index (χ4v) is 4.84.